The zero-order chi connectivity index (χ0) is 21.0. The van der Waals surface area contributed by atoms with Crippen LogP contribution < -0.4 is 15.5 Å². The summed E-state index contributed by atoms with van der Waals surface area (Å²) < 4.78 is 52.5. The predicted octanol–water partition coefficient (Wildman–Crippen LogP) is 4.19. The zero-order valence-electron chi connectivity index (χ0n) is 15.8. The number of aromatic nitrogens is 2. The molecule has 1 fully saturated rings. The minimum atomic E-state index is -4.55. The number of hydrogen-bond donors (Lipinski definition) is 2. The van der Waals surface area contributed by atoms with Crippen LogP contribution in [0.5, 0.6) is 0 Å². The summed E-state index contributed by atoms with van der Waals surface area (Å²) in [4.78, 5) is 21.4. The van der Waals surface area contributed by atoms with Crippen LogP contribution in [0.2, 0.25) is 0 Å². The zero-order valence-corrected chi connectivity index (χ0v) is 15.8. The van der Waals surface area contributed by atoms with E-state index >= 15 is 0 Å². The summed E-state index contributed by atoms with van der Waals surface area (Å²) in [7, 11) is 0. The van der Waals surface area contributed by atoms with Gasteiger partial charge in [0.05, 0.1) is 18.1 Å². The maximum Gasteiger partial charge on any atom is 0.433 e. The Morgan fingerprint density at radius 1 is 1.24 bits per heavy atom. The second-order valence-electron chi connectivity index (χ2n) is 7.05. The second kappa shape index (κ2) is 8.62. The van der Waals surface area contributed by atoms with Crippen molar-refractivity contribution in [1.82, 2.24) is 15.3 Å². The van der Waals surface area contributed by atoms with Crippen LogP contribution in [0, 0.1) is 11.7 Å². The Bertz CT molecular complexity index is 866. The molecule has 0 aromatic carbocycles. The highest BCUT2D eigenvalue weighted by Crippen LogP contribution is 2.32. The van der Waals surface area contributed by atoms with E-state index in [2.05, 4.69) is 27.5 Å². The number of hydrogen-bond acceptors (Lipinski definition) is 4. The van der Waals surface area contributed by atoms with Gasteiger partial charge in [0, 0.05) is 31.3 Å². The fourth-order valence-corrected chi connectivity index (χ4v) is 3.10. The summed E-state index contributed by atoms with van der Waals surface area (Å²) in [6.45, 7) is 3.28. The van der Waals surface area contributed by atoms with Crippen LogP contribution in [0.15, 0.2) is 30.6 Å². The number of nitrogens with zero attached hydrogens (tertiary/aromatic N) is 3. The van der Waals surface area contributed by atoms with Crippen LogP contribution in [0.25, 0.3) is 0 Å². The first-order chi connectivity index (χ1) is 13.7. The molecule has 0 aliphatic carbocycles. The molecule has 2 N–H and O–H groups in total. The fourth-order valence-electron chi connectivity index (χ4n) is 3.10. The molecule has 1 aliphatic rings. The lowest BCUT2D eigenvalue weighted by atomic mass is 9.99. The molecule has 0 atom stereocenters. The topological polar surface area (TPSA) is 70.2 Å². The van der Waals surface area contributed by atoms with E-state index in [1.54, 1.807) is 0 Å². The Kier molecular flexibility index (Phi) is 6.19. The minimum Gasteiger partial charge on any atom is -0.356 e. The Morgan fingerprint density at radius 2 is 1.97 bits per heavy atom. The number of carbonyl (C=O) groups is 1. The molecule has 0 unspecified atom stereocenters. The molecule has 10 heteroatoms. The number of urea groups is 1. The number of carbonyl (C=O) groups excluding carboxylic acids is 1. The van der Waals surface area contributed by atoms with Crippen LogP contribution in [-0.4, -0.2) is 29.1 Å². The summed E-state index contributed by atoms with van der Waals surface area (Å²) in [5.74, 6) is 0.125. The highest BCUT2D eigenvalue weighted by molar-refractivity contribution is 5.89. The van der Waals surface area contributed by atoms with Crippen molar-refractivity contribution < 1.29 is 22.4 Å². The highest BCUT2D eigenvalue weighted by atomic mass is 19.4. The lowest BCUT2D eigenvalue weighted by molar-refractivity contribution is -0.141. The van der Waals surface area contributed by atoms with E-state index in [4.69, 9.17) is 0 Å². The van der Waals surface area contributed by atoms with E-state index < -0.39 is 23.7 Å². The standard InChI is InChI=1S/C19H21F4N5O/c1-12-4-6-28(7-5-12)17-13(2-3-16(27-17)19(21,22)23)9-25-18(29)26-15-8-14(20)10-24-11-15/h2-3,8,10-12H,4-7,9H2,1H3,(H2,25,26,29). The molecule has 2 aromatic heterocycles. The number of alkyl halides is 3. The van der Waals surface area contributed by atoms with Crippen molar-refractivity contribution in [1.29, 1.82) is 0 Å². The molecule has 29 heavy (non-hydrogen) atoms. The molecular weight excluding hydrogens is 390 g/mol. The lowest BCUT2D eigenvalue weighted by Crippen LogP contribution is -2.35. The minimum absolute atomic E-state index is 0.0267. The van der Waals surface area contributed by atoms with Gasteiger partial charge in [-0.25, -0.2) is 14.2 Å². The van der Waals surface area contributed by atoms with Crippen LogP contribution >= 0.6 is 0 Å². The third kappa shape index (κ3) is 5.55. The molecule has 6 nitrogen and oxygen atoms in total. The molecule has 1 aliphatic heterocycles. The molecule has 1 saturated heterocycles. The quantitative estimate of drug-likeness (QED) is 0.740. The summed E-state index contributed by atoms with van der Waals surface area (Å²) >= 11 is 0. The monoisotopic (exact) mass is 411 g/mol. The van der Waals surface area contributed by atoms with Gasteiger partial charge in [-0.3, -0.25) is 4.98 Å². The van der Waals surface area contributed by atoms with Crippen molar-refractivity contribution in [3.63, 3.8) is 0 Å². The van der Waals surface area contributed by atoms with Crippen LogP contribution in [0.1, 0.15) is 31.0 Å². The van der Waals surface area contributed by atoms with Gasteiger partial charge in [-0.15, -0.1) is 0 Å². The average Bonchev–Trinajstić information content (AvgIpc) is 2.66. The second-order valence-corrected chi connectivity index (χ2v) is 7.05. The van der Waals surface area contributed by atoms with Gasteiger partial charge in [0.1, 0.15) is 17.3 Å². The third-order valence-corrected chi connectivity index (χ3v) is 4.73. The number of anilines is 2. The highest BCUT2D eigenvalue weighted by Gasteiger charge is 2.34. The third-order valence-electron chi connectivity index (χ3n) is 4.73. The number of pyridine rings is 2. The number of piperidine rings is 1. The summed E-state index contributed by atoms with van der Waals surface area (Å²) in [6.07, 6.45) is -0.549. The van der Waals surface area contributed by atoms with Gasteiger partial charge in [0.25, 0.3) is 0 Å². The molecule has 156 valence electrons. The molecular formula is C19H21F4N5O. The van der Waals surface area contributed by atoms with Gasteiger partial charge >= 0.3 is 12.2 Å². The summed E-state index contributed by atoms with van der Waals surface area (Å²) in [5, 5.41) is 4.99. The number of amides is 2. The Hall–Kier alpha value is -2.91. The van der Waals surface area contributed by atoms with Crippen molar-refractivity contribution >= 4 is 17.5 Å². The largest absolute Gasteiger partial charge is 0.433 e. The van der Waals surface area contributed by atoms with Crippen molar-refractivity contribution in [2.24, 2.45) is 5.92 Å². The lowest BCUT2D eigenvalue weighted by Gasteiger charge is -2.33. The predicted molar refractivity (Wildman–Crippen MR) is 99.9 cm³/mol. The number of rotatable bonds is 4. The van der Waals surface area contributed by atoms with E-state index in [0.29, 0.717) is 24.6 Å². The van der Waals surface area contributed by atoms with Crippen molar-refractivity contribution in [3.05, 3.63) is 47.7 Å². The Labute approximate surface area is 165 Å². The normalized spacial score (nSPS) is 15.3. The first-order valence-corrected chi connectivity index (χ1v) is 9.20. The first-order valence-electron chi connectivity index (χ1n) is 9.20. The van der Waals surface area contributed by atoms with Crippen LogP contribution in [0.3, 0.4) is 0 Å². The van der Waals surface area contributed by atoms with E-state index in [0.717, 1.165) is 31.2 Å². The fraction of sp³-hybridized carbons (Fsp3) is 0.421. The molecule has 0 bridgehead atoms. The molecule has 3 heterocycles. The van der Waals surface area contributed by atoms with E-state index in [1.807, 2.05) is 4.90 Å². The van der Waals surface area contributed by atoms with Gasteiger partial charge in [0.2, 0.25) is 0 Å². The number of nitrogens with one attached hydrogen (secondary N) is 2. The van der Waals surface area contributed by atoms with Gasteiger partial charge in [-0.05, 0) is 24.8 Å². The summed E-state index contributed by atoms with van der Waals surface area (Å²) in [5.41, 5.74) is -0.330. The SMILES string of the molecule is CC1CCN(c2nc(C(F)(F)F)ccc2CNC(=O)Nc2cncc(F)c2)CC1. The van der Waals surface area contributed by atoms with Crippen LogP contribution in [0.4, 0.5) is 33.9 Å². The van der Waals surface area contributed by atoms with Crippen molar-refractivity contribution in [2.75, 3.05) is 23.3 Å². The maximum absolute atomic E-state index is 13.1. The smallest absolute Gasteiger partial charge is 0.356 e. The molecule has 2 aromatic rings. The van der Waals surface area contributed by atoms with Crippen LogP contribution in [-0.2, 0) is 12.7 Å². The van der Waals surface area contributed by atoms with Gasteiger partial charge in [0.15, 0.2) is 0 Å². The van der Waals surface area contributed by atoms with Crippen molar-refractivity contribution in [3.8, 4) is 0 Å². The number of halogens is 4. The van der Waals surface area contributed by atoms with E-state index in [-0.39, 0.29) is 18.1 Å². The van der Waals surface area contributed by atoms with E-state index in [9.17, 15) is 22.4 Å². The molecule has 2 amide bonds. The molecule has 0 saturated carbocycles. The van der Waals surface area contributed by atoms with Gasteiger partial charge < -0.3 is 15.5 Å². The average molecular weight is 411 g/mol. The molecule has 3 rings (SSSR count). The maximum atomic E-state index is 13.1. The summed E-state index contributed by atoms with van der Waals surface area (Å²) in [6, 6.07) is 2.71. The van der Waals surface area contributed by atoms with Crippen molar-refractivity contribution in [2.45, 2.75) is 32.5 Å². The molecule has 0 spiro atoms. The first kappa shape index (κ1) is 20.8. The molecule has 0 radical (unpaired) electrons. The van der Waals surface area contributed by atoms with E-state index in [1.165, 1.54) is 12.3 Å². The van der Waals surface area contributed by atoms with Gasteiger partial charge in [-0.1, -0.05) is 13.0 Å². The Balaban J connectivity index is 1.74. The Morgan fingerprint density at radius 3 is 2.62 bits per heavy atom. The van der Waals surface area contributed by atoms with Gasteiger partial charge in [-0.2, -0.15) is 13.2 Å².